The minimum absolute atomic E-state index is 0.0722. The highest BCUT2D eigenvalue weighted by Crippen LogP contribution is 2.15. The zero-order valence-corrected chi connectivity index (χ0v) is 11.7. The monoisotopic (exact) mass is 279 g/mol. The predicted molar refractivity (Wildman–Crippen MR) is 75.3 cm³/mol. The number of amides is 1. The van der Waals surface area contributed by atoms with Gasteiger partial charge >= 0.3 is 0 Å². The Morgan fingerprint density at radius 1 is 1.60 bits per heavy atom. The standard InChI is InChI=1S/C13H21N5O2/c1-20-9-11(14)12(19)17-10-4-2-7-18(8-10)13-15-5-3-6-16-13/h3,5-6,10-11H,2,4,7-9,14H2,1H3,(H,17,19). The van der Waals surface area contributed by atoms with Crippen molar-refractivity contribution in [2.24, 2.45) is 5.73 Å². The smallest absolute Gasteiger partial charge is 0.239 e. The Morgan fingerprint density at radius 2 is 2.35 bits per heavy atom. The lowest BCUT2D eigenvalue weighted by Gasteiger charge is -2.33. The number of aromatic nitrogens is 2. The van der Waals surface area contributed by atoms with Gasteiger partial charge in [-0.1, -0.05) is 0 Å². The molecule has 0 saturated carbocycles. The molecule has 1 amide bonds. The van der Waals surface area contributed by atoms with E-state index < -0.39 is 6.04 Å². The SMILES string of the molecule is COCC(N)C(=O)NC1CCCN(c2ncccn2)C1. The Balaban J connectivity index is 1.89. The van der Waals surface area contributed by atoms with Crippen LogP contribution in [-0.4, -0.2) is 54.8 Å². The molecule has 1 fully saturated rings. The van der Waals surface area contributed by atoms with Crippen molar-refractivity contribution in [3.63, 3.8) is 0 Å². The second kappa shape index (κ2) is 7.16. The van der Waals surface area contributed by atoms with Crippen molar-refractivity contribution in [1.82, 2.24) is 15.3 Å². The van der Waals surface area contributed by atoms with Crippen LogP contribution < -0.4 is 16.0 Å². The summed E-state index contributed by atoms with van der Waals surface area (Å²) in [6.07, 6.45) is 5.37. The van der Waals surface area contributed by atoms with Crippen molar-refractivity contribution < 1.29 is 9.53 Å². The van der Waals surface area contributed by atoms with Crippen LogP contribution in [0.4, 0.5) is 5.95 Å². The number of carbonyl (C=O) groups excluding carboxylic acids is 1. The highest BCUT2D eigenvalue weighted by Gasteiger charge is 2.24. The number of rotatable bonds is 5. The van der Waals surface area contributed by atoms with Crippen LogP contribution >= 0.6 is 0 Å². The summed E-state index contributed by atoms with van der Waals surface area (Å²) in [5.41, 5.74) is 5.72. The van der Waals surface area contributed by atoms with E-state index in [1.807, 2.05) is 0 Å². The Hall–Kier alpha value is -1.73. The molecule has 7 nitrogen and oxygen atoms in total. The average molecular weight is 279 g/mol. The maximum atomic E-state index is 11.9. The number of methoxy groups -OCH3 is 1. The number of nitrogens with zero attached hydrogens (tertiary/aromatic N) is 3. The van der Waals surface area contributed by atoms with Crippen LogP contribution in [0.3, 0.4) is 0 Å². The van der Waals surface area contributed by atoms with Crippen LogP contribution in [0.1, 0.15) is 12.8 Å². The normalized spacial score (nSPS) is 20.5. The van der Waals surface area contributed by atoms with Crippen molar-refractivity contribution in [3.8, 4) is 0 Å². The van der Waals surface area contributed by atoms with Gasteiger partial charge in [0.25, 0.3) is 0 Å². The van der Waals surface area contributed by atoms with E-state index in [1.165, 1.54) is 7.11 Å². The van der Waals surface area contributed by atoms with Crippen molar-refractivity contribution in [3.05, 3.63) is 18.5 Å². The average Bonchev–Trinajstić information content (AvgIpc) is 2.48. The molecule has 2 heterocycles. The fourth-order valence-corrected chi connectivity index (χ4v) is 2.29. The van der Waals surface area contributed by atoms with Crippen LogP contribution in [0.2, 0.25) is 0 Å². The number of nitrogens with one attached hydrogen (secondary N) is 1. The molecule has 3 N–H and O–H groups in total. The van der Waals surface area contributed by atoms with Gasteiger partial charge in [-0.2, -0.15) is 0 Å². The molecule has 0 spiro atoms. The van der Waals surface area contributed by atoms with Gasteiger partial charge in [-0.05, 0) is 18.9 Å². The molecule has 1 aromatic rings. The summed E-state index contributed by atoms with van der Waals surface area (Å²) in [7, 11) is 1.53. The minimum Gasteiger partial charge on any atom is -0.383 e. The van der Waals surface area contributed by atoms with Crippen LogP contribution in [0.15, 0.2) is 18.5 Å². The molecule has 1 aromatic heterocycles. The van der Waals surface area contributed by atoms with Crippen LogP contribution in [0.25, 0.3) is 0 Å². The summed E-state index contributed by atoms with van der Waals surface area (Å²) in [5, 5.41) is 2.96. The van der Waals surface area contributed by atoms with E-state index in [1.54, 1.807) is 18.5 Å². The second-order valence-electron chi connectivity index (χ2n) is 4.90. The lowest BCUT2D eigenvalue weighted by atomic mass is 10.1. The third-order valence-electron chi connectivity index (χ3n) is 3.29. The third kappa shape index (κ3) is 3.88. The van der Waals surface area contributed by atoms with Crippen molar-refractivity contribution in [1.29, 1.82) is 0 Å². The Labute approximate surface area is 118 Å². The number of anilines is 1. The molecule has 110 valence electrons. The minimum atomic E-state index is -0.622. The second-order valence-corrected chi connectivity index (χ2v) is 4.90. The lowest BCUT2D eigenvalue weighted by Crippen LogP contribution is -2.53. The predicted octanol–water partition coefficient (Wildman–Crippen LogP) is -0.465. The molecule has 0 aliphatic carbocycles. The maximum absolute atomic E-state index is 11.9. The Morgan fingerprint density at radius 3 is 3.05 bits per heavy atom. The van der Waals surface area contributed by atoms with Crippen molar-refractivity contribution >= 4 is 11.9 Å². The molecule has 0 aromatic carbocycles. The maximum Gasteiger partial charge on any atom is 0.239 e. The van der Waals surface area contributed by atoms with E-state index in [2.05, 4.69) is 20.2 Å². The molecular formula is C13H21N5O2. The largest absolute Gasteiger partial charge is 0.383 e. The Kier molecular flexibility index (Phi) is 5.25. The molecule has 2 rings (SSSR count). The highest BCUT2D eigenvalue weighted by molar-refractivity contribution is 5.82. The molecule has 1 saturated heterocycles. The zero-order valence-electron chi connectivity index (χ0n) is 11.7. The van der Waals surface area contributed by atoms with Gasteiger partial charge < -0.3 is 20.7 Å². The molecule has 2 unspecified atom stereocenters. The number of hydrogen-bond donors (Lipinski definition) is 2. The summed E-state index contributed by atoms with van der Waals surface area (Å²) in [6, 6.07) is 1.24. The molecule has 1 aliphatic rings. The van der Waals surface area contributed by atoms with E-state index in [4.69, 9.17) is 10.5 Å². The van der Waals surface area contributed by atoms with Crippen molar-refractivity contribution in [2.45, 2.75) is 24.9 Å². The van der Waals surface area contributed by atoms with Crippen LogP contribution in [0.5, 0.6) is 0 Å². The van der Waals surface area contributed by atoms with Gasteiger partial charge in [0.05, 0.1) is 6.61 Å². The van der Waals surface area contributed by atoms with Crippen LogP contribution in [-0.2, 0) is 9.53 Å². The van der Waals surface area contributed by atoms with E-state index in [0.717, 1.165) is 19.4 Å². The van der Waals surface area contributed by atoms with E-state index >= 15 is 0 Å². The fraction of sp³-hybridized carbons (Fsp3) is 0.615. The van der Waals surface area contributed by atoms with Gasteiger partial charge in [0.15, 0.2) is 0 Å². The highest BCUT2D eigenvalue weighted by atomic mass is 16.5. The first-order chi connectivity index (χ1) is 9.70. The van der Waals surface area contributed by atoms with Gasteiger partial charge in [-0.3, -0.25) is 4.79 Å². The summed E-state index contributed by atoms with van der Waals surface area (Å²) in [5.74, 6) is 0.528. The lowest BCUT2D eigenvalue weighted by molar-refractivity contribution is -0.124. The van der Waals surface area contributed by atoms with E-state index in [0.29, 0.717) is 12.5 Å². The summed E-state index contributed by atoms with van der Waals surface area (Å²) < 4.78 is 4.89. The van der Waals surface area contributed by atoms with Gasteiger partial charge in [-0.25, -0.2) is 9.97 Å². The van der Waals surface area contributed by atoms with Gasteiger partial charge in [0.2, 0.25) is 11.9 Å². The summed E-state index contributed by atoms with van der Waals surface area (Å²) >= 11 is 0. The van der Waals surface area contributed by atoms with Crippen LogP contribution in [0, 0.1) is 0 Å². The molecule has 20 heavy (non-hydrogen) atoms. The zero-order chi connectivity index (χ0) is 14.4. The number of hydrogen-bond acceptors (Lipinski definition) is 6. The van der Waals surface area contributed by atoms with Crippen molar-refractivity contribution in [2.75, 3.05) is 31.7 Å². The first-order valence-corrected chi connectivity index (χ1v) is 6.77. The van der Waals surface area contributed by atoms with Gasteiger partial charge in [-0.15, -0.1) is 0 Å². The first-order valence-electron chi connectivity index (χ1n) is 6.77. The Bertz CT molecular complexity index is 428. The molecule has 0 bridgehead atoms. The summed E-state index contributed by atoms with van der Waals surface area (Å²) in [4.78, 5) is 22.4. The molecular weight excluding hydrogens is 258 g/mol. The van der Waals surface area contributed by atoms with Gasteiger partial charge in [0, 0.05) is 38.6 Å². The summed E-state index contributed by atoms with van der Waals surface area (Å²) in [6.45, 7) is 1.83. The topological polar surface area (TPSA) is 93.4 Å². The molecule has 0 radical (unpaired) electrons. The van der Waals surface area contributed by atoms with E-state index in [-0.39, 0.29) is 18.6 Å². The molecule has 2 atom stereocenters. The van der Waals surface area contributed by atoms with E-state index in [9.17, 15) is 4.79 Å². The quantitative estimate of drug-likeness (QED) is 0.757. The molecule has 7 heteroatoms. The number of ether oxygens (including phenoxy) is 1. The number of piperidine rings is 1. The number of carbonyl (C=O) groups is 1. The number of nitrogens with two attached hydrogens (primary N) is 1. The third-order valence-corrected chi connectivity index (χ3v) is 3.29. The fourth-order valence-electron chi connectivity index (χ4n) is 2.29. The molecule has 1 aliphatic heterocycles. The van der Waals surface area contributed by atoms with Gasteiger partial charge in [0.1, 0.15) is 6.04 Å². The first kappa shape index (κ1) is 14.7.